The second-order valence-corrected chi connectivity index (χ2v) is 7.36. The summed E-state index contributed by atoms with van der Waals surface area (Å²) < 4.78 is 0. The molecule has 0 bridgehead atoms. The van der Waals surface area contributed by atoms with Crippen LogP contribution in [0.2, 0.25) is 0 Å². The van der Waals surface area contributed by atoms with Crippen LogP contribution < -0.4 is 10.8 Å². The Kier molecular flexibility index (Phi) is 7.32. The van der Waals surface area contributed by atoms with Crippen LogP contribution in [-0.2, 0) is 0 Å². The molecule has 0 unspecified atom stereocenters. The summed E-state index contributed by atoms with van der Waals surface area (Å²) in [7, 11) is 0. The summed E-state index contributed by atoms with van der Waals surface area (Å²) in [6.07, 6.45) is 10.9. The molecular formula is C22H29N5O2. The number of likely N-dealkylation sites (tertiary alicyclic amines) is 1. The highest BCUT2D eigenvalue weighted by Crippen LogP contribution is 2.41. The van der Waals surface area contributed by atoms with E-state index in [9.17, 15) is 4.79 Å². The molecule has 7 heteroatoms. The molecule has 2 amide bonds. The number of carbonyl (C=O) groups excluding carboxylic acids is 1. The molecule has 0 radical (unpaired) electrons. The van der Waals surface area contributed by atoms with Gasteiger partial charge >= 0.3 is 6.03 Å². The van der Waals surface area contributed by atoms with Crippen LogP contribution in [-0.4, -0.2) is 39.2 Å². The number of hydroxylamine groups is 1. The lowest BCUT2D eigenvalue weighted by atomic mass is 9.89. The number of pyridine rings is 2. The molecule has 1 aliphatic rings. The van der Waals surface area contributed by atoms with Crippen LogP contribution >= 0.6 is 0 Å². The molecule has 154 valence electrons. The van der Waals surface area contributed by atoms with Crippen molar-refractivity contribution in [1.29, 1.82) is 0 Å². The monoisotopic (exact) mass is 395 g/mol. The smallest absolute Gasteiger partial charge is 0.333 e. The minimum absolute atomic E-state index is 0.217. The summed E-state index contributed by atoms with van der Waals surface area (Å²) in [5.74, 6) is 0. The van der Waals surface area contributed by atoms with Gasteiger partial charge in [0.2, 0.25) is 0 Å². The van der Waals surface area contributed by atoms with Crippen LogP contribution in [0.25, 0.3) is 0 Å². The summed E-state index contributed by atoms with van der Waals surface area (Å²) in [5, 5.41) is 11.1. The van der Waals surface area contributed by atoms with E-state index in [1.54, 1.807) is 5.48 Å². The highest BCUT2D eigenvalue weighted by molar-refractivity contribution is 5.72. The van der Waals surface area contributed by atoms with Crippen LogP contribution in [0.3, 0.4) is 0 Å². The van der Waals surface area contributed by atoms with Gasteiger partial charge < -0.3 is 5.32 Å². The lowest BCUT2D eigenvalue weighted by Crippen LogP contribution is -2.38. The van der Waals surface area contributed by atoms with Crippen LogP contribution in [0.5, 0.6) is 0 Å². The van der Waals surface area contributed by atoms with Gasteiger partial charge in [-0.3, -0.25) is 20.1 Å². The number of rotatable bonds is 6. The molecule has 2 aromatic rings. The van der Waals surface area contributed by atoms with Crippen LogP contribution in [0, 0.1) is 13.8 Å². The first-order valence-electron chi connectivity index (χ1n) is 10.0. The number of nitrogens with zero attached hydrogens (tertiary/aromatic N) is 3. The fourth-order valence-electron chi connectivity index (χ4n) is 4.06. The zero-order chi connectivity index (χ0) is 20.6. The Labute approximate surface area is 171 Å². The maximum absolute atomic E-state index is 11.1. The summed E-state index contributed by atoms with van der Waals surface area (Å²) in [5.41, 5.74) is 6.21. The second-order valence-electron chi connectivity index (χ2n) is 7.36. The van der Waals surface area contributed by atoms with Gasteiger partial charge in [0.25, 0.3) is 0 Å². The Hall–Kier alpha value is -2.77. The van der Waals surface area contributed by atoms with Crippen molar-refractivity contribution in [1.82, 2.24) is 25.7 Å². The van der Waals surface area contributed by atoms with Gasteiger partial charge in [-0.05, 0) is 56.4 Å². The van der Waals surface area contributed by atoms with E-state index in [0.717, 1.165) is 37.2 Å². The summed E-state index contributed by atoms with van der Waals surface area (Å²) in [6, 6.07) is 8.00. The Bertz CT molecular complexity index is 801. The number of urea groups is 1. The lowest BCUT2D eigenvalue weighted by molar-refractivity contribution is 0.0901. The molecule has 29 heavy (non-hydrogen) atoms. The Morgan fingerprint density at radius 3 is 2.21 bits per heavy atom. The van der Waals surface area contributed by atoms with Gasteiger partial charge in [-0.1, -0.05) is 24.3 Å². The molecule has 3 N–H and O–H groups in total. The van der Waals surface area contributed by atoms with E-state index in [1.165, 1.54) is 11.1 Å². The molecule has 2 atom stereocenters. The maximum atomic E-state index is 11.1. The molecule has 1 fully saturated rings. The molecular weight excluding hydrogens is 366 g/mol. The average molecular weight is 396 g/mol. The zero-order valence-corrected chi connectivity index (χ0v) is 17.0. The van der Waals surface area contributed by atoms with E-state index in [-0.39, 0.29) is 12.1 Å². The molecule has 0 saturated carbocycles. The van der Waals surface area contributed by atoms with Gasteiger partial charge in [-0.25, -0.2) is 10.3 Å². The van der Waals surface area contributed by atoms with Crippen molar-refractivity contribution in [2.45, 2.75) is 45.2 Å². The van der Waals surface area contributed by atoms with Crippen molar-refractivity contribution in [3.05, 3.63) is 71.3 Å². The van der Waals surface area contributed by atoms with Gasteiger partial charge in [-0.15, -0.1) is 0 Å². The number of amides is 2. The van der Waals surface area contributed by atoms with Crippen LogP contribution in [0.4, 0.5) is 4.79 Å². The second kappa shape index (κ2) is 10.1. The molecule has 3 rings (SSSR count). The third kappa shape index (κ3) is 5.19. The molecule has 0 spiro atoms. The zero-order valence-electron chi connectivity index (χ0n) is 17.0. The number of hydrogen-bond acceptors (Lipinski definition) is 5. The number of nitrogens with one attached hydrogen (secondary N) is 2. The Morgan fingerprint density at radius 2 is 1.69 bits per heavy atom. The normalized spacial score (nSPS) is 20.0. The van der Waals surface area contributed by atoms with Crippen molar-refractivity contribution in [2.24, 2.45) is 0 Å². The third-order valence-electron chi connectivity index (χ3n) is 5.45. The standard InChI is InChI=1S/C22H29N5O2/c1-16-8-6-13-23-20(16)18-10-5-11-19(21-17(2)9-7-14-24-21)27(18)15-4-3-12-25-22(28)26-29/h3-4,6-9,13-14,18-19,29H,5,10-12,15H2,1-2H3,(H2,25,26,28)/t18-,19+. The quantitative estimate of drug-likeness (QED) is 0.395. The molecule has 1 aliphatic heterocycles. The van der Waals surface area contributed by atoms with E-state index >= 15 is 0 Å². The number of hydrogen-bond donors (Lipinski definition) is 3. The molecule has 3 heterocycles. The number of aromatic nitrogens is 2. The van der Waals surface area contributed by atoms with Crippen LogP contribution in [0.15, 0.2) is 48.8 Å². The first-order valence-corrected chi connectivity index (χ1v) is 10.0. The minimum atomic E-state index is -0.614. The number of aryl methyl sites for hydroxylation is 2. The number of piperidine rings is 1. The molecule has 2 aromatic heterocycles. The molecule has 0 aromatic carbocycles. The lowest BCUT2D eigenvalue weighted by Gasteiger charge is -2.42. The predicted octanol–water partition coefficient (Wildman–Crippen LogP) is 3.61. The highest BCUT2D eigenvalue weighted by Gasteiger charge is 2.34. The van der Waals surface area contributed by atoms with Gasteiger partial charge in [0, 0.05) is 25.5 Å². The molecule has 0 aliphatic carbocycles. The van der Waals surface area contributed by atoms with Gasteiger partial charge in [-0.2, -0.15) is 0 Å². The molecule has 1 saturated heterocycles. The van der Waals surface area contributed by atoms with E-state index < -0.39 is 6.03 Å². The van der Waals surface area contributed by atoms with E-state index in [2.05, 4.69) is 42.3 Å². The van der Waals surface area contributed by atoms with Crippen molar-refractivity contribution >= 4 is 6.03 Å². The van der Waals surface area contributed by atoms with Gasteiger partial charge in [0.05, 0.1) is 23.5 Å². The average Bonchev–Trinajstić information content (AvgIpc) is 2.74. The van der Waals surface area contributed by atoms with Crippen molar-refractivity contribution < 1.29 is 10.0 Å². The van der Waals surface area contributed by atoms with Gasteiger partial charge in [0.1, 0.15) is 0 Å². The van der Waals surface area contributed by atoms with Gasteiger partial charge in [0.15, 0.2) is 0 Å². The fourth-order valence-corrected chi connectivity index (χ4v) is 4.06. The fraction of sp³-hybridized carbons (Fsp3) is 0.409. The summed E-state index contributed by atoms with van der Waals surface area (Å²) >= 11 is 0. The maximum Gasteiger partial charge on any atom is 0.338 e. The highest BCUT2D eigenvalue weighted by atomic mass is 16.5. The minimum Gasteiger partial charge on any atom is -0.333 e. The van der Waals surface area contributed by atoms with Crippen molar-refractivity contribution in [2.75, 3.05) is 13.1 Å². The predicted molar refractivity (Wildman–Crippen MR) is 111 cm³/mol. The first-order chi connectivity index (χ1) is 14.1. The topological polar surface area (TPSA) is 90.4 Å². The Balaban J connectivity index is 1.85. The van der Waals surface area contributed by atoms with E-state index in [4.69, 9.17) is 15.2 Å². The van der Waals surface area contributed by atoms with Crippen molar-refractivity contribution in [3.63, 3.8) is 0 Å². The first kappa shape index (κ1) is 21.0. The summed E-state index contributed by atoms with van der Waals surface area (Å²) in [6.45, 7) is 5.30. The Morgan fingerprint density at radius 1 is 1.10 bits per heavy atom. The van der Waals surface area contributed by atoms with Crippen LogP contribution in [0.1, 0.15) is 53.9 Å². The van der Waals surface area contributed by atoms with E-state index in [1.807, 2.05) is 30.6 Å². The van der Waals surface area contributed by atoms with Crippen molar-refractivity contribution in [3.8, 4) is 0 Å². The third-order valence-corrected chi connectivity index (χ3v) is 5.45. The SMILES string of the molecule is Cc1cccnc1[C@H]1CCC[C@@H](c2ncccc2C)N1CC=CCNC(=O)NO. The molecule has 7 nitrogen and oxygen atoms in total. The number of carbonyl (C=O) groups is 1. The van der Waals surface area contributed by atoms with E-state index in [0.29, 0.717) is 6.54 Å². The summed E-state index contributed by atoms with van der Waals surface area (Å²) in [4.78, 5) is 23.0. The largest absolute Gasteiger partial charge is 0.338 e.